The van der Waals surface area contributed by atoms with Crippen LogP contribution in [0.1, 0.15) is 28.9 Å². The molecule has 1 atom stereocenters. The van der Waals surface area contributed by atoms with Gasteiger partial charge in [-0.15, -0.1) is 0 Å². The number of pyridine rings is 1. The Hall–Kier alpha value is -2.93. The highest BCUT2D eigenvalue weighted by atomic mass is 35.5. The van der Waals surface area contributed by atoms with Gasteiger partial charge in [-0.2, -0.15) is 0 Å². The van der Waals surface area contributed by atoms with Gasteiger partial charge in [0, 0.05) is 10.9 Å². The molecule has 1 aromatic carbocycles. The van der Waals surface area contributed by atoms with Crippen LogP contribution in [0.3, 0.4) is 0 Å². The van der Waals surface area contributed by atoms with Gasteiger partial charge in [-0.05, 0) is 24.3 Å². The first-order valence-electron chi connectivity index (χ1n) is 7.19. The van der Waals surface area contributed by atoms with Crippen LogP contribution in [-0.2, 0) is 9.53 Å². The van der Waals surface area contributed by atoms with E-state index in [1.807, 2.05) is 0 Å². The van der Waals surface area contributed by atoms with Crippen molar-refractivity contribution in [1.82, 2.24) is 4.98 Å². The molecule has 0 aliphatic heterocycles. The maximum absolute atomic E-state index is 12.7. The minimum absolute atomic E-state index is 0.0180. The largest absolute Gasteiger partial charge is 0.549 e. The summed E-state index contributed by atoms with van der Waals surface area (Å²) in [5.41, 5.74) is -0.525. The lowest BCUT2D eigenvalue weighted by Crippen LogP contribution is -2.30. The highest BCUT2D eigenvalue weighted by Crippen LogP contribution is 2.25. The van der Waals surface area contributed by atoms with Crippen LogP contribution in [-0.4, -0.2) is 24.0 Å². The predicted octanol–water partition coefficient (Wildman–Crippen LogP) is 1.63. The summed E-state index contributed by atoms with van der Waals surface area (Å²) in [4.78, 5) is 40.0. The number of carbonyl (C=O) groups is 2. The highest BCUT2D eigenvalue weighted by Gasteiger charge is 2.23. The van der Waals surface area contributed by atoms with Crippen molar-refractivity contribution >= 4 is 45.6 Å². The van der Waals surface area contributed by atoms with Crippen LogP contribution in [0.2, 0.25) is 5.02 Å². The van der Waals surface area contributed by atoms with E-state index in [4.69, 9.17) is 16.0 Å². The quantitative estimate of drug-likeness (QED) is 0.515. The number of halogens is 1. The summed E-state index contributed by atoms with van der Waals surface area (Å²) in [7, 11) is 1.14. The summed E-state index contributed by atoms with van der Waals surface area (Å²) in [5, 5.41) is 11.8. The first-order valence-corrected chi connectivity index (χ1v) is 7.57. The van der Waals surface area contributed by atoms with Gasteiger partial charge in [-0.1, -0.05) is 18.5 Å². The van der Waals surface area contributed by atoms with Crippen molar-refractivity contribution in [2.24, 2.45) is 0 Å². The minimum atomic E-state index is -1.42. The molecule has 128 valence electrons. The molecule has 2 aromatic heterocycles. The van der Waals surface area contributed by atoms with Crippen LogP contribution in [0.5, 0.6) is 0 Å². The van der Waals surface area contributed by atoms with Crippen LogP contribution >= 0.6 is 11.6 Å². The first-order chi connectivity index (χ1) is 11.8. The molecule has 0 N–H and O–H groups in total. The van der Waals surface area contributed by atoms with E-state index in [9.17, 15) is 19.5 Å². The summed E-state index contributed by atoms with van der Waals surface area (Å²) in [5.74, 6) is -3.44. The molecule has 0 fully saturated rings. The second-order valence-electron chi connectivity index (χ2n) is 5.38. The topological polar surface area (TPSA) is 110 Å². The minimum Gasteiger partial charge on any atom is -0.549 e. The molecule has 2 heterocycles. The number of hydrogen-bond acceptors (Lipinski definition) is 7. The molecule has 3 aromatic rings. The number of benzene rings is 1. The highest BCUT2D eigenvalue weighted by molar-refractivity contribution is 6.31. The molecule has 0 amide bonds. The third kappa shape index (κ3) is 2.83. The Labute approximate surface area is 145 Å². The number of aliphatic carboxylic acids is 1. The maximum Gasteiger partial charge on any atom is 0.339 e. The zero-order valence-corrected chi connectivity index (χ0v) is 13.9. The van der Waals surface area contributed by atoms with E-state index in [-0.39, 0.29) is 33.3 Å². The van der Waals surface area contributed by atoms with Crippen molar-refractivity contribution in [3.05, 3.63) is 50.8 Å². The maximum atomic E-state index is 12.7. The number of carboxylic acid groups (broad SMARTS) is 1. The molecule has 0 bridgehead atoms. The third-order valence-electron chi connectivity index (χ3n) is 3.82. The Morgan fingerprint density at radius 2 is 2.00 bits per heavy atom. The second kappa shape index (κ2) is 6.18. The number of fused-ring (bicyclic) bond motifs is 2. The molecule has 3 rings (SSSR count). The zero-order valence-electron chi connectivity index (χ0n) is 13.2. The summed E-state index contributed by atoms with van der Waals surface area (Å²) in [6.45, 7) is 1.31. The smallest absolute Gasteiger partial charge is 0.339 e. The SMILES string of the molecule is COC(=O)c1cc2c(=O)c3cc(Cl)ccc3oc2nc1C(C)C(=O)[O-]. The van der Waals surface area contributed by atoms with E-state index in [1.165, 1.54) is 25.1 Å². The molecular formula is C17H11ClNO6-. The molecule has 0 saturated carbocycles. The van der Waals surface area contributed by atoms with Crippen LogP contribution in [0, 0.1) is 0 Å². The van der Waals surface area contributed by atoms with Gasteiger partial charge in [-0.3, -0.25) is 4.79 Å². The number of ether oxygens (including phenoxy) is 1. The normalized spacial score (nSPS) is 12.3. The number of nitrogens with zero attached hydrogens (tertiary/aromatic N) is 1. The van der Waals surface area contributed by atoms with E-state index >= 15 is 0 Å². The standard InChI is InChI=1S/C17H12ClNO6/c1-7(16(21)22)13-10(17(23)24-2)6-11-14(20)9-5-8(18)3-4-12(9)25-15(11)19-13/h3-7H,1-2H3,(H,21,22)/p-1. The monoisotopic (exact) mass is 360 g/mol. The number of rotatable bonds is 3. The summed E-state index contributed by atoms with van der Waals surface area (Å²) < 4.78 is 10.2. The van der Waals surface area contributed by atoms with E-state index in [0.29, 0.717) is 5.02 Å². The van der Waals surface area contributed by atoms with Gasteiger partial charge in [0.1, 0.15) is 5.58 Å². The first kappa shape index (κ1) is 16.9. The lowest BCUT2D eigenvalue weighted by atomic mass is 10.0. The van der Waals surface area contributed by atoms with Crippen molar-refractivity contribution in [3.8, 4) is 0 Å². The fourth-order valence-electron chi connectivity index (χ4n) is 2.48. The molecule has 0 spiro atoms. The van der Waals surface area contributed by atoms with Gasteiger partial charge in [0.15, 0.2) is 0 Å². The number of hydrogen-bond donors (Lipinski definition) is 0. The number of methoxy groups -OCH3 is 1. The van der Waals surface area contributed by atoms with Gasteiger partial charge in [-0.25, -0.2) is 9.78 Å². The molecule has 7 nitrogen and oxygen atoms in total. The van der Waals surface area contributed by atoms with Gasteiger partial charge in [0.05, 0.1) is 35.1 Å². The Morgan fingerprint density at radius 1 is 1.28 bits per heavy atom. The molecule has 25 heavy (non-hydrogen) atoms. The lowest BCUT2D eigenvalue weighted by molar-refractivity contribution is -0.307. The van der Waals surface area contributed by atoms with E-state index in [1.54, 1.807) is 6.07 Å². The fourth-order valence-corrected chi connectivity index (χ4v) is 2.66. The molecular weight excluding hydrogens is 350 g/mol. The molecule has 0 saturated heterocycles. The third-order valence-corrected chi connectivity index (χ3v) is 4.06. The number of esters is 1. The van der Waals surface area contributed by atoms with Crippen LogP contribution in [0.4, 0.5) is 0 Å². The van der Waals surface area contributed by atoms with Crippen molar-refractivity contribution in [2.75, 3.05) is 7.11 Å². The van der Waals surface area contributed by atoms with Gasteiger partial charge in [0.2, 0.25) is 11.1 Å². The van der Waals surface area contributed by atoms with Crippen molar-refractivity contribution < 1.29 is 23.8 Å². The lowest BCUT2D eigenvalue weighted by Gasteiger charge is -2.15. The summed E-state index contributed by atoms with van der Waals surface area (Å²) in [6.07, 6.45) is 0. The Bertz CT molecular complexity index is 1090. The van der Waals surface area contributed by atoms with Gasteiger partial charge >= 0.3 is 5.97 Å². The molecule has 0 aliphatic rings. The molecule has 1 unspecified atom stereocenters. The predicted molar refractivity (Wildman–Crippen MR) is 87.6 cm³/mol. The van der Waals surface area contributed by atoms with Crippen LogP contribution in [0.15, 0.2) is 33.5 Å². The average molecular weight is 361 g/mol. The number of carbonyl (C=O) groups excluding carboxylic acids is 2. The zero-order chi connectivity index (χ0) is 18.3. The molecule has 0 radical (unpaired) electrons. The summed E-state index contributed by atoms with van der Waals surface area (Å²) in [6, 6.07) is 5.72. The summed E-state index contributed by atoms with van der Waals surface area (Å²) >= 11 is 5.91. The Kier molecular flexibility index (Phi) is 4.18. The van der Waals surface area contributed by atoms with Gasteiger partial charge in [0.25, 0.3) is 0 Å². The molecule has 8 heteroatoms. The van der Waals surface area contributed by atoms with Crippen LogP contribution < -0.4 is 10.5 Å². The van der Waals surface area contributed by atoms with Gasteiger partial charge < -0.3 is 19.1 Å². The molecule has 0 aliphatic carbocycles. The van der Waals surface area contributed by atoms with Crippen molar-refractivity contribution in [2.45, 2.75) is 12.8 Å². The fraction of sp³-hybridized carbons (Fsp3) is 0.176. The number of carboxylic acids is 1. The van der Waals surface area contributed by atoms with E-state index in [2.05, 4.69) is 9.72 Å². The van der Waals surface area contributed by atoms with Crippen molar-refractivity contribution in [1.29, 1.82) is 0 Å². The van der Waals surface area contributed by atoms with Crippen LogP contribution in [0.25, 0.3) is 22.1 Å². The second-order valence-corrected chi connectivity index (χ2v) is 5.81. The average Bonchev–Trinajstić information content (AvgIpc) is 2.60. The number of aromatic nitrogens is 1. The Balaban J connectivity index is 2.43. The van der Waals surface area contributed by atoms with E-state index in [0.717, 1.165) is 7.11 Å². The Morgan fingerprint density at radius 3 is 2.64 bits per heavy atom. The van der Waals surface area contributed by atoms with Crippen molar-refractivity contribution in [3.63, 3.8) is 0 Å². The van der Waals surface area contributed by atoms with E-state index < -0.39 is 23.3 Å².